The van der Waals surface area contributed by atoms with Gasteiger partial charge in [-0.1, -0.05) is 37.3 Å². The van der Waals surface area contributed by atoms with Gasteiger partial charge in [-0.2, -0.15) is 13.2 Å². The number of fused-ring (bicyclic) bond motifs is 1. The second-order valence-electron chi connectivity index (χ2n) is 9.36. The van der Waals surface area contributed by atoms with Gasteiger partial charge in [0.1, 0.15) is 5.75 Å². The molecule has 184 valence electrons. The molecule has 1 aliphatic rings. The average Bonchev–Trinajstić information content (AvgIpc) is 3.03. The number of carbonyl (C=O) groups excluding carboxylic acids is 1. The summed E-state index contributed by atoms with van der Waals surface area (Å²) in [4.78, 5) is 12.0. The molecule has 0 unspecified atom stereocenters. The van der Waals surface area contributed by atoms with E-state index in [1.54, 1.807) is 0 Å². The average molecular weight is 475 g/mol. The molecule has 0 heterocycles. The second-order valence-corrected chi connectivity index (χ2v) is 9.36. The normalized spacial score (nSPS) is 14.1. The number of benzene rings is 2. The zero-order valence-electron chi connectivity index (χ0n) is 20.1. The minimum absolute atomic E-state index is 0.221. The van der Waals surface area contributed by atoms with Crippen LogP contribution in [0, 0.1) is 5.41 Å². The Labute approximate surface area is 200 Å². The SMILES string of the molecule is CCC(C)(C)C(=O)OCCCCOc1ccc(C(F)(F)F)cc1C1=Cc2ccccc2CCC1. The minimum Gasteiger partial charge on any atom is -0.493 e. The van der Waals surface area contributed by atoms with Gasteiger partial charge < -0.3 is 9.47 Å². The van der Waals surface area contributed by atoms with E-state index in [1.807, 2.05) is 45.0 Å². The van der Waals surface area contributed by atoms with Gasteiger partial charge in [-0.3, -0.25) is 4.79 Å². The zero-order chi connectivity index (χ0) is 24.8. The van der Waals surface area contributed by atoms with Crippen LogP contribution >= 0.6 is 0 Å². The predicted molar refractivity (Wildman–Crippen MR) is 128 cm³/mol. The Hall–Kier alpha value is -2.76. The van der Waals surface area contributed by atoms with Gasteiger partial charge in [-0.15, -0.1) is 0 Å². The number of carbonyl (C=O) groups is 1. The number of unbranched alkanes of at least 4 members (excludes halogenated alkanes) is 1. The number of rotatable bonds is 9. The fraction of sp³-hybridized carbons (Fsp3) is 0.464. The van der Waals surface area contributed by atoms with Crippen molar-refractivity contribution < 1.29 is 27.4 Å². The van der Waals surface area contributed by atoms with Crippen molar-refractivity contribution >= 4 is 17.6 Å². The number of halogens is 3. The molecule has 2 aromatic rings. The highest BCUT2D eigenvalue weighted by Crippen LogP contribution is 2.39. The summed E-state index contributed by atoms with van der Waals surface area (Å²) >= 11 is 0. The van der Waals surface area contributed by atoms with Crippen LogP contribution in [0.5, 0.6) is 5.75 Å². The lowest BCUT2D eigenvalue weighted by Crippen LogP contribution is -2.26. The lowest BCUT2D eigenvalue weighted by molar-refractivity contribution is -0.154. The van der Waals surface area contributed by atoms with Crippen LogP contribution in [0.3, 0.4) is 0 Å². The van der Waals surface area contributed by atoms with Gasteiger partial charge in [-0.05, 0) is 87.3 Å². The Morgan fingerprint density at radius 1 is 1.00 bits per heavy atom. The number of ether oxygens (including phenoxy) is 2. The molecule has 0 radical (unpaired) electrons. The smallest absolute Gasteiger partial charge is 0.416 e. The number of esters is 1. The highest BCUT2D eigenvalue weighted by Gasteiger charge is 2.32. The first-order valence-corrected chi connectivity index (χ1v) is 11.9. The van der Waals surface area contributed by atoms with Crippen molar-refractivity contribution in [2.24, 2.45) is 5.41 Å². The largest absolute Gasteiger partial charge is 0.493 e. The fourth-order valence-corrected chi connectivity index (χ4v) is 3.82. The molecule has 0 spiro atoms. The summed E-state index contributed by atoms with van der Waals surface area (Å²) in [6, 6.07) is 11.7. The van der Waals surface area contributed by atoms with Crippen LogP contribution in [0.15, 0.2) is 42.5 Å². The maximum atomic E-state index is 13.5. The van der Waals surface area contributed by atoms with Gasteiger partial charge in [0, 0.05) is 5.56 Å². The van der Waals surface area contributed by atoms with E-state index < -0.39 is 17.2 Å². The molecular formula is C28H33F3O3. The summed E-state index contributed by atoms with van der Waals surface area (Å²) in [7, 11) is 0. The maximum absolute atomic E-state index is 13.5. The van der Waals surface area contributed by atoms with Gasteiger partial charge >= 0.3 is 12.1 Å². The van der Waals surface area contributed by atoms with Gasteiger partial charge in [0.25, 0.3) is 0 Å². The van der Waals surface area contributed by atoms with E-state index in [2.05, 4.69) is 6.07 Å². The Morgan fingerprint density at radius 2 is 1.74 bits per heavy atom. The predicted octanol–water partition coefficient (Wildman–Crippen LogP) is 7.72. The molecule has 0 saturated heterocycles. The van der Waals surface area contributed by atoms with Crippen LogP contribution in [0.1, 0.15) is 75.1 Å². The molecule has 0 aliphatic heterocycles. The highest BCUT2D eigenvalue weighted by molar-refractivity contribution is 5.85. The van der Waals surface area contributed by atoms with Crippen molar-refractivity contribution in [2.75, 3.05) is 13.2 Å². The molecule has 0 fully saturated rings. The summed E-state index contributed by atoms with van der Waals surface area (Å²) in [6.45, 7) is 6.28. The first kappa shape index (κ1) is 25.9. The van der Waals surface area contributed by atoms with Gasteiger partial charge in [0.2, 0.25) is 0 Å². The molecule has 2 aromatic carbocycles. The van der Waals surface area contributed by atoms with Gasteiger partial charge in [0.15, 0.2) is 0 Å². The topological polar surface area (TPSA) is 35.5 Å². The number of alkyl halides is 3. The van der Waals surface area contributed by atoms with Crippen LogP contribution in [0.2, 0.25) is 0 Å². The van der Waals surface area contributed by atoms with Crippen molar-refractivity contribution in [3.8, 4) is 5.75 Å². The summed E-state index contributed by atoms with van der Waals surface area (Å²) < 4.78 is 51.6. The number of aryl methyl sites for hydroxylation is 1. The molecule has 0 amide bonds. The standard InChI is InChI=1S/C28H33F3O3/c1-4-27(2,3)26(32)34-17-8-7-16-33-25-15-14-23(28(29,30)31)19-24(25)22-13-9-12-20-10-5-6-11-21(20)18-22/h5-6,10-11,14-15,18-19H,4,7-9,12-13,16-17H2,1-3H3. The van der Waals surface area contributed by atoms with E-state index in [4.69, 9.17) is 9.47 Å². The second kappa shape index (κ2) is 11.1. The Kier molecular flexibility index (Phi) is 8.45. The molecule has 0 aromatic heterocycles. The maximum Gasteiger partial charge on any atom is 0.416 e. The third-order valence-corrected chi connectivity index (χ3v) is 6.40. The molecule has 1 aliphatic carbocycles. The van der Waals surface area contributed by atoms with Crippen molar-refractivity contribution in [3.05, 3.63) is 64.7 Å². The Balaban J connectivity index is 1.71. The highest BCUT2D eigenvalue weighted by atomic mass is 19.4. The molecule has 3 nitrogen and oxygen atoms in total. The van der Waals surface area contributed by atoms with Crippen molar-refractivity contribution in [1.29, 1.82) is 0 Å². The van der Waals surface area contributed by atoms with E-state index >= 15 is 0 Å². The Morgan fingerprint density at radius 3 is 2.47 bits per heavy atom. The number of hydrogen-bond donors (Lipinski definition) is 0. The van der Waals surface area contributed by atoms with E-state index in [0.717, 1.165) is 30.0 Å². The lowest BCUT2D eigenvalue weighted by atomic mass is 9.91. The molecule has 3 rings (SSSR count). The van der Waals surface area contributed by atoms with E-state index in [-0.39, 0.29) is 5.97 Å². The summed E-state index contributed by atoms with van der Waals surface area (Å²) in [5.41, 5.74) is 2.39. The third kappa shape index (κ3) is 6.64. The van der Waals surface area contributed by atoms with Crippen molar-refractivity contribution in [1.82, 2.24) is 0 Å². The van der Waals surface area contributed by atoms with E-state index in [0.29, 0.717) is 50.2 Å². The van der Waals surface area contributed by atoms with Crippen LogP contribution in [-0.2, 0) is 22.1 Å². The first-order valence-electron chi connectivity index (χ1n) is 11.9. The quantitative estimate of drug-likeness (QED) is 0.276. The molecule has 6 heteroatoms. The first-order chi connectivity index (χ1) is 16.1. The fourth-order valence-electron chi connectivity index (χ4n) is 3.82. The number of allylic oxidation sites excluding steroid dienone is 1. The summed E-state index contributed by atoms with van der Waals surface area (Å²) in [5.74, 6) is 0.226. The lowest BCUT2D eigenvalue weighted by Gasteiger charge is -2.20. The van der Waals surface area contributed by atoms with Crippen LogP contribution in [-0.4, -0.2) is 19.2 Å². The molecule has 0 N–H and O–H groups in total. The van der Waals surface area contributed by atoms with Crippen molar-refractivity contribution in [3.63, 3.8) is 0 Å². The summed E-state index contributed by atoms with van der Waals surface area (Å²) in [6.07, 6.45) is 1.93. The molecule has 0 bridgehead atoms. The van der Waals surface area contributed by atoms with E-state index in [1.165, 1.54) is 17.7 Å². The molecule has 0 saturated carbocycles. The monoisotopic (exact) mass is 474 g/mol. The van der Waals surface area contributed by atoms with E-state index in [9.17, 15) is 18.0 Å². The third-order valence-electron chi connectivity index (χ3n) is 6.40. The minimum atomic E-state index is -4.42. The van der Waals surface area contributed by atoms with Crippen LogP contribution in [0.4, 0.5) is 13.2 Å². The van der Waals surface area contributed by atoms with Crippen molar-refractivity contribution in [2.45, 2.75) is 65.5 Å². The molecular weight excluding hydrogens is 441 g/mol. The van der Waals surface area contributed by atoms with Crippen LogP contribution < -0.4 is 4.74 Å². The van der Waals surface area contributed by atoms with Gasteiger partial charge in [-0.25, -0.2) is 0 Å². The number of hydrogen-bond acceptors (Lipinski definition) is 3. The summed E-state index contributed by atoms with van der Waals surface area (Å²) in [5, 5.41) is 0. The zero-order valence-corrected chi connectivity index (χ0v) is 20.1. The van der Waals surface area contributed by atoms with Crippen LogP contribution in [0.25, 0.3) is 11.6 Å². The molecule has 34 heavy (non-hydrogen) atoms. The molecule has 0 atom stereocenters. The van der Waals surface area contributed by atoms with Gasteiger partial charge in [0.05, 0.1) is 24.2 Å². The Bertz CT molecular complexity index is 1020.